The van der Waals surface area contributed by atoms with Crippen molar-refractivity contribution in [1.29, 1.82) is 0 Å². The zero-order valence-corrected chi connectivity index (χ0v) is 18.8. The van der Waals surface area contributed by atoms with Crippen molar-refractivity contribution in [2.24, 2.45) is 0 Å². The number of amides is 1. The van der Waals surface area contributed by atoms with E-state index in [0.29, 0.717) is 30.2 Å². The number of carbonyl (C=O) groups excluding carboxylic acids is 1. The molecule has 0 spiro atoms. The highest BCUT2D eigenvalue weighted by Gasteiger charge is 2.27. The number of nitrogens with zero attached hydrogens (tertiary/aromatic N) is 5. The summed E-state index contributed by atoms with van der Waals surface area (Å²) >= 11 is 0. The number of halogens is 1. The van der Waals surface area contributed by atoms with E-state index < -0.39 is 0 Å². The average molecular weight is 444 g/mol. The number of rotatable bonds is 4. The third kappa shape index (κ3) is 3.91. The zero-order valence-electron chi connectivity index (χ0n) is 18.8. The second kappa shape index (κ2) is 8.58. The van der Waals surface area contributed by atoms with Gasteiger partial charge in [0.2, 0.25) is 0 Å². The smallest absolute Gasteiger partial charge is 0.259 e. The lowest BCUT2D eigenvalue weighted by Crippen LogP contribution is -2.49. The van der Waals surface area contributed by atoms with Crippen LogP contribution in [0.3, 0.4) is 0 Å². The molecule has 168 valence electrons. The van der Waals surface area contributed by atoms with Gasteiger partial charge in [0.15, 0.2) is 5.82 Å². The predicted molar refractivity (Wildman–Crippen MR) is 127 cm³/mol. The number of benzene rings is 2. The van der Waals surface area contributed by atoms with Gasteiger partial charge in [-0.1, -0.05) is 12.1 Å². The highest BCUT2D eigenvalue weighted by atomic mass is 19.1. The fourth-order valence-corrected chi connectivity index (χ4v) is 4.39. The van der Waals surface area contributed by atoms with E-state index in [4.69, 9.17) is 0 Å². The molecule has 5 rings (SSSR count). The van der Waals surface area contributed by atoms with Crippen LogP contribution in [-0.4, -0.2) is 51.3 Å². The Morgan fingerprint density at radius 2 is 1.61 bits per heavy atom. The Bertz CT molecular complexity index is 1270. The van der Waals surface area contributed by atoms with E-state index in [9.17, 15) is 9.18 Å². The van der Waals surface area contributed by atoms with Gasteiger partial charge < -0.3 is 14.4 Å². The van der Waals surface area contributed by atoms with E-state index in [1.165, 1.54) is 28.9 Å². The first-order valence-electron chi connectivity index (χ1n) is 11.1. The van der Waals surface area contributed by atoms with Crippen molar-refractivity contribution in [1.82, 2.24) is 19.2 Å². The average Bonchev–Trinajstić information content (AvgIpc) is 3.51. The van der Waals surface area contributed by atoms with Gasteiger partial charge in [-0.2, -0.15) is 5.10 Å². The highest BCUT2D eigenvalue weighted by Crippen LogP contribution is 2.26. The molecule has 0 bridgehead atoms. The molecule has 0 N–H and O–H groups in total. The van der Waals surface area contributed by atoms with Crippen molar-refractivity contribution in [2.75, 3.05) is 31.1 Å². The van der Waals surface area contributed by atoms with Gasteiger partial charge in [-0.3, -0.25) is 4.79 Å². The summed E-state index contributed by atoms with van der Waals surface area (Å²) < 4.78 is 17.0. The molecule has 1 saturated heterocycles. The normalized spacial score (nSPS) is 14.0. The standard InChI is InChI=1S/C26H26FN5O/c1-19-6-5-7-24(20(19)2)29-14-16-31(17-15-29)26(33)23-18-28-32(22-10-8-21(27)9-11-22)25(23)30-12-3-4-13-30/h3-13,18H,14-17H2,1-2H3. The maximum Gasteiger partial charge on any atom is 0.259 e. The number of aryl methyl sites for hydroxylation is 1. The molecule has 0 aliphatic carbocycles. The van der Waals surface area contributed by atoms with Crippen LogP contribution in [0.5, 0.6) is 0 Å². The highest BCUT2D eigenvalue weighted by molar-refractivity contribution is 5.97. The Balaban J connectivity index is 1.41. The topological polar surface area (TPSA) is 46.3 Å². The van der Waals surface area contributed by atoms with Crippen LogP contribution in [0.2, 0.25) is 0 Å². The second-order valence-corrected chi connectivity index (χ2v) is 8.36. The molecule has 1 aliphatic heterocycles. The molecule has 1 fully saturated rings. The third-order valence-electron chi connectivity index (χ3n) is 6.38. The van der Waals surface area contributed by atoms with Gasteiger partial charge in [-0.05, 0) is 67.4 Å². The summed E-state index contributed by atoms with van der Waals surface area (Å²) in [6.07, 6.45) is 5.37. The van der Waals surface area contributed by atoms with Crippen molar-refractivity contribution < 1.29 is 9.18 Å². The largest absolute Gasteiger partial charge is 0.368 e. The molecule has 1 aliphatic rings. The minimum Gasteiger partial charge on any atom is -0.368 e. The van der Waals surface area contributed by atoms with E-state index in [1.807, 2.05) is 34.0 Å². The fourth-order valence-electron chi connectivity index (χ4n) is 4.39. The van der Waals surface area contributed by atoms with Gasteiger partial charge in [0.1, 0.15) is 11.4 Å². The molecule has 6 nitrogen and oxygen atoms in total. The van der Waals surface area contributed by atoms with Gasteiger partial charge in [0.05, 0.1) is 11.9 Å². The number of hydrogen-bond donors (Lipinski definition) is 0. The Kier molecular flexibility index (Phi) is 5.46. The number of anilines is 1. The molecule has 4 aromatic rings. The van der Waals surface area contributed by atoms with Gasteiger partial charge >= 0.3 is 0 Å². The van der Waals surface area contributed by atoms with Crippen LogP contribution in [0.4, 0.5) is 10.1 Å². The molecule has 3 heterocycles. The van der Waals surface area contributed by atoms with Crippen LogP contribution in [0.15, 0.2) is 73.2 Å². The maximum atomic E-state index is 13.6. The second-order valence-electron chi connectivity index (χ2n) is 8.36. The van der Waals surface area contributed by atoms with Crippen LogP contribution in [0.25, 0.3) is 11.5 Å². The molecule has 0 atom stereocenters. The molecule has 0 radical (unpaired) electrons. The summed E-state index contributed by atoms with van der Waals surface area (Å²) in [7, 11) is 0. The maximum absolute atomic E-state index is 13.6. The summed E-state index contributed by atoms with van der Waals surface area (Å²) in [5.41, 5.74) is 5.01. The molecule has 0 saturated carbocycles. The number of aromatic nitrogens is 3. The van der Waals surface area contributed by atoms with Gasteiger partial charge in [-0.25, -0.2) is 9.07 Å². The minimum absolute atomic E-state index is 0.0484. The molecular formula is C26H26FN5O. The van der Waals surface area contributed by atoms with Crippen LogP contribution in [0, 0.1) is 19.7 Å². The minimum atomic E-state index is -0.313. The summed E-state index contributed by atoms with van der Waals surface area (Å²) in [6, 6.07) is 16.3. The summed E-state index contributed by atoms with van der Waals surface area (Å²) in [5, 5.41) is 4.49. The van der Waals surface area contributed by atoms with Crippen molar-refractivity contribution in [3.05, 3.63) is 95.7 Å². The Hall–Kier alpha value is -3.87. The molecule has 2 aromatic carbocycles. The summed E-state index contributed by atoms with van der Waals surface area (Å²) in [4.78, 5) is 17.8. The van der Waals surface area contributed by atoms with Crippen LogP contribution >= 0.6 is 0 Å². The van der Waals surface area contributed by atoms with Crippen molar-refractivity contribution >= 4 is 11.6 Å². The Morgan fingerprint density at radius 3 is 2.30 bits per heavy atom. The summed E-state index contributed by atoms with van der Waals surface area (Å²) in [5.74, 6) is 0.285. The first-order chi connectivity index (χ1) is 16.0. The first-order valence-corrected chi connectivity index (χ1v) is 11.1. The first kappa shape index (κ1) is 21.0. The van der Waals surface area contributed by atoms with E-state index >= 15 is 0 Å². The molecule has 0 unspecified atom stereocenters. The van der Waals surface area contributed by atoms with Crippen molar-refractivity contribution in [3.8, 4) is 11.5 Å². The Morgan fingerprint density at radius 1 is 0.909 bits per heavy atom. The van der Waals surface area contributed by atoms with E-state index in [1.54, 1.807) is 23.0 Å². The fraction of sp³-hybridized carbons (Fsp3) is 0.231. The lowest BCUT2D eigenvalue weighted by atomic mass is 10.1. The Labute approximate surface area is 192 Å². The van der Waals surface area contributed by atoms with E-state index in [0.717, 1.165) is 13.1 Å². The number of hydrogen-bond acceptors (Lipinski definition) is 3. The van der Waals surface area contributed by atoms with Crippen molar-refractivity contribution in [2.45, 2.75) is 13.8 Å². The van der Waals surface area contributed by atoms with E-state index in [2.05, 4.69) is 42.0 Å². The molecular weight excluding hydrogens is 417 g/mol. The lowest BCUT2D eigenvalue weighted by Gasteiger charge is -2.37. The quantitative estimate of drug-likeness (QED) is 0.470. The van der Waals surface area contributed by atoms with Crippen LogP contribution < -0.4 is 4.90 Å². The summed E-state index contributed by atoms with van der Waals surface area (Å²) in [6.45, 7) is 7.11. The number of carbonyl (C=O) groups is 1. The van der Waals surface area contributed by atoms with Gasteiger partial charge in [-0.15, -0.1) is 0 Å². The molecule has 2 aromatic heterocycles. The predicted octanol–water partition coefficient (Wildman–Crippen LogP) is 4.38. The lowest BCUT2D eigenvalue weighted by molar-refractivity contribution is 0.0746. The van der Waals surface area contributed by atoms with Crippen LogP contribution in [0.1, 0.15) is 21.5 Å². The van der Waals surface area contributed by atoms with Gasteiger partial charge in [0.25, 0.3) is 5.91 Å². The molecule has 33 heavy (non-hydrogen) atoms. The van der Waals surface area contributed by atoms with E-state index in [-0.39, 0.29) is 11.7 Å². The monoisotopic (exact) mass is 443 g/mol. The molecule has 1 amide bonds. The van der Waals surface area contributed by atoms with Gasteiger partial charge in [0, 0.05) is 44.3 Å². The third-order valence-corrected chi connectivity index (χ3v) is 6.38. The molecule has 7 heteroatoms. The van der Waals surface area contributed by atoms with Crippen LogP contribution in [-0.2, 0) is 0 Å². The number of piperazine rings is 1. The SMILES string of the molecule is Cc1cccc(N2CCN(C(=O)c3cnn(-c4ccc(F)cc4)c3-n3cccc3)CC2)c1C. The zero-order chi connectivity index (χ0) is 22.9. The van der Waals surface area contributed by atoms with Crippen molar-refractivity contribution in [3.63, 3.8) is 0 Å².